The summed E-state index contributed by atoms with van der Waals surface area (Å²) in [6.45, 7) is 4.40. The van der Waals surface area contributed by atoms with E-state index in [1.807, 2.05) is 44.2 Å². The van der Waals surface area contributed by atoms with Gasteiger partial charge >= 0.3 is 11.7 Å². The largest absolute Gasteiger partial charge is 0.478 e. The maximum Gasteiger partial charge on any atom is 0.336 e. The van der Waals surface area contributed by atoms with E-state index >= 15 is 0 Å². The minimum Gasteiger partial charge on any atom is -0.478 e. The first-order valence-corrected chi connectivity index (χ1v) is 10.8. The van der Waals surface area contributed by atoms with Crippen LogP contribution in [0.25, 0.3) is 11.1 Å². The second-order valence-corrected chi connectivity index (χ2v) is 7.66. The predicted octanol–water partition coefficient (Wildman–Crippen LogP) is 5.09. The van der Waals surface area contributed by atoms with Gasteiger partial charge in [-0.05, 0) is 42.0 Å². The first kappa shape index (κ1) is 22.5. The van der Waals surface area contributed by atoms with Crippen molar-refractivity contribution in [2.24, 2.45) is 0 Å². The molecular formula is C25H29FN2O3. The van der Waals surface area contributed by atoms with Crippen LogP contribution in [-0.4, -0.2) is 20.2 Å². The summed E-state index contributed by atoms with van der Waals surface area (Å²) < 4.78 is 17.0. The summed E-state index contributed by atoms with van der Waals surface area (Å²) >= 11 is 0. The van der Waals surface area contributed by atoms with E-state index in [0.29, 0.717) is 37.2 Å². The molecule has 0 spiro atoms. The Morgan fingerprint density at radius 1 is 0.903 bits per heavy atom. The molecule has 6 heteroatoms. The van der Waals surface area contributed by atoms with Crippen molar-refractivity contribution >= 4 is 5.97 Å². The summed E-state index contributed by atoms with van der Waals surface area (Å²) in [5, 5.41) is 9.41. The van der Waals surface area contributed by atoms with Crippen molar-refractivity contribution < 1.29 is 14.3 Å². The summed E-state index contributed by atoms with van der Waals surface area (Å²) in [6.07, 6.45) is 2.94. The van der Waals surface area contributed by atoms with Crippen LogP contribution >= 0.6 is 0 Å². The number of hydrogen-bond donors (Lipinski definition) is 1. The van der Waals surface area contributed by atoms with Gasteiger partial charge in [-0.1, -0.05) is 62.7 Å². The van der Waals surface area contributed by atoms with Gasteiger partial charge in [0.15, 0.2) is 0 Å². The van der Waals surface area contributed by atoms with Crippen molar-refractivity contribution in [3.8, 4) is 11.1 Å². The summed E-state index contributed by atoms with van der Waals surface area (Å²) in [5.74, 6) is -0.956. The fraction of sp³-hybridized carbons (Fsp3) is 0.360. The number of alkyl halides is 1. The number of aromatic nitrogens is 2. The molecule has 3 rings (SSSR count). The molecule has 31 heavy (non-hydrogen) atoms. The summed E-state index contributed by atoms with van der Waals surface area (Å²) in [5.41, 5.74) is 3.99. The van der Waals surface area contributed by atoms with Gasteiger partial charge in [0.1, 0.15) is 6.67 Å². The number of imidazole rings is 1. The van der Waals surface area contributed by atoms with Gasteiger partial charge in [-0.25, -0.2) is 14.0 Å². The van der Waals surface area contributed by atoms with Crippen LogP contribution in [0.4, 0.5) is 4.39 Å². The van der Waals surface area contributed by atoms with Crippen LogP contribution in [0.15, 0.2) is 53.3 Å². The molecule has 0 aliphatic carbocycles. The van der Waals surface area contributed by atoms with E-state index < -0.39 is 12.6 Å². The first-order chi connectivity index (χ1) is 15.0. The zero-order valence-corrected chi connectivity index (χ0v) is 18.1. The molecule has 0 radical (unpaired) electrons. The van der Waals surface area contributed by atoms with E-state index in [1.54, 1.807) is 27.3 Å². The molecule has 0 aliphatic heterocycles. The van der Waals surface area contributed by atoms with Crippen molar-refractivity contribution in [2.45, 2.75) is 59.3 Å². The Bertz CT molecular complexity index is 1100. The van der Waals surface area contributed by atoms with E-state index in [2.05, 4.69) is 0 Å². The number of rotatable bonds is 10. The van der Waals surface area contributed by atoms with Crippen LogP contribution in [0.5, 0.6) is 0 Å². The zero-order chi connectivity index (χ0) is 22.4. The third-order valence-corrected chi connectivity index (χ3v) is 5.55. The van der Waals surface area contributed by atoms with Gasteiger partial charge in [-0.15, -0.1) is 0 Å². The number of aryl methyl sites for hydroxylation is 1. The van der Waals surface area contributed by atoms with Crippen LogP contribution in [0.2, 0.25) is 0 Å². The number of carboxylic acid groups (broad SMARTS) is 1. The molecule has 1 aromatic heterocycles. The Hall–Kier alpha value is -3.15. The van der Waals surface area contributed by atoms with Crippen LogP contribution in [0.1, 0.15) is 54.0 Å². The molecule has 1 N–H and O–H groups in total. The molecule has 164 valence electrons. The van der Waals surface area contributed by atoms with E-state index in [-0.39, 0.29) is 11.3 Å². The first-order valence-electron chi connectivity index (χ1n) is 10.8. The second kappa shape index (κ2) is 10.2. The lowest BCUT2D eigenvalue weighted by molar-refractivity contribution is 0.0697. The highest BCUT2D eigenvalue weighted by Crippen LogP contribution is 2.24. The topological polar surface area (TPSA) is 64.2 Å². The minimum atomic E-state index is -0.956. The maximum absolute atomic E-state index is 13.7. The van der Waals surface area contributed by atoms with Crippen LogP contribution in [0.3, 0.4) is 0 Å². The van der Waals surface area contributed by atoms with Gasteiger partial charge in [0.2, 0.25) is 0 Å². The third-order valence-electron chi connectivity index (χ3n) is 5.55. The lowest BCUT2D eigenvalue weighted by Crippen LogP contribution is -2.26. The number of aromatic carboxylic acids is 1. The van der Waals surface area contributed by atoms with E-state index in [4.69, 9.17) is 0 Å². The standard InChI is InChI=1S/C25H29FN2O3/c1-3-7-22-23(17-26)27(15-4-2)25(31)28(22)16-14-18-10-12-19(13-11-18)20-8-5-6-9-21(20)24(29)30/h5-6,8-13H,3-4,7,14-17H2,1-2H3,(H,29,30). The second-order valence-electron chi connectivity index (χ2n) is 7.66. The Morgan fingerprint density at radius 3 is 2.19 bits per heavy atom. The number of nitrogens with zero attached hydrogens (tertiary/aromatic N) is 2. The van der Waals surface area contributed by atoms with Gasteiger partial charge in [0, 0.05) is 18.8 Å². The van der Waals surface area contributed by atoms with Crippen molar-refractivity contribution in [2.75, 3.05) is 0 Å². The molecule has 0 saturated heterocycles. The molecule has 0 saturated carbocycles. The van der Waals surface area contributed by atoms with E-state index in [1.165, 1.54) is 0 Å². The van der Waals surface area contributed by atoms with Gasteiger partial charge in [0.25, 0.3) is 0 Å². The quantitative estimate of drug-likeness (QED) is 0.493. The molecule has 0 aliphatic rings. The SMILES string of the molecule is CCCc1c(CF)n(CCC)c(=O)n1CCc1ccc(-c2ccccc2C(=O)O)cc1. The summed E-state index contributed by atoms with van der Waals surface area (Å²) in [7, 11) is 0. The number of carboxylic acids is 1. The monoisotopic (exact) mass is 424 g/mol. The van der Waals surface area contributed by atoms with Crippen LogP contribution in [0, 0.1) is 0 Å². The molecule has 0 bridgehead atoms. The average molecular weight is 425 g/mol. The lowest BCUT2D eigenvalue weighted by atomic mass is 9.98. The molecule has 1 heterocycles. The summed E-state index contributed by atoms with van der Waals surface area (Å²) in [4.78, 5) is 24.4. The highest BCUT2D eigenvalue weighted by molar-refractivity contribution is 5.95. The van der Waals surface area contributed by atoms with Crippen LogP contribution < -0.4 is 5.69 Å². The fourth-order valence-electron chi connectivity index (χ4n) is 4.05. The van der Waals surface area contributed by atoms with E-state index in [9.17, 15) is 19.1 Å². The number of halogens is 1. The van der Waals surface area contributed by atoms with Gasteiger partial charge in [0.05, 0.1) is 11.3 Å². The van der Waals surface area contributed by atoms with Crippen molar-refractivity contribution in [3.63, 3.8) is 0 Å². The number of benzene rings is 2. The molecule has 3 aromatic rings. The summed E-state index contributed by atoms with van der Waals surface area (Å²) in [6, 6.07) is 14.6. The molecule has 2 aromatic carbocycles. The van der Waals surface area contributed by atoms with Crippen molar-refractivity contribution in [3.05, 3.63) is 81.5 Å². The lowest BCUT2D eigenvalue weighted by Gasteiger charge is -2.10. The maximum atomic E-state index is 13.7. The molecule has 0 amide bonds. The van der Waals surface area contributed by atoms with Crippen molar-refractivity contribution in [1.82, 2.24) is 9.13 Å². The highest BCUT2D eigenvalue weighted by Gasteiger charge is 2.18. The molecule has 0 unspecified atom stereocenters. The highest BCUT2D eigenvalue weighted by atomic mass is 19.1. The smallest absolute Gasteiger partial charge is 0.336 e. The van der Waals surface area contributed by atoms with Crippen molar-refractivity contribution in [1.29, 1.82) is 0 Å². The zero-order valence-electron chi connectivity index (χ0n) is 18.1. The molecular weight excluding hydrogens is 395 g/mol. The fourth-order valence-corrected chi connectivity index (χ4v) is 4.05. The molecule has 0 fully saturated rings. The molecule has 5 nitrogen and oxygen atoms in total. The predicted molar refractivity (Wildman–Crippen MR) is 120 cm³/mol. The Morgan fingerprint density at radius 2 is 1.58 bits per heavy atom. The number of carbonyl (C=O) groups is 1. The molecule has 0 atom stereocenters. The Balaban J connectivity index is 1.84. The van der Waals surface area contributed by atoms with E-state index in [0.717, 1.165) is 29.7 Å². The Kier molecular flexibility index (Phi) is 7.45. The van der Waals surface area contributed by atoms with Gasteiger partial charge in [-0.3, -0.25) is 9.13 Å². The van der Waals surface area contributed by atoms with Gasteiger partial charge in [-0.2, -0.15) is 0 Å². The third kappa shape index (κ3) is 4.79. The van der Waals surface area contributed by atoms with Crippen LogP contribution in [-0.2, 0) is 32.6 Å². The van der Waals surface area contributed by atoms with Gasteiger partial charge < -0.3 is 5.11 Å². The minimum absolute atomic E-state index is 0.134. The normalized spacial score (nSPS) is 11.1. The Labute approximate surface area is 181 Å². The number of hydrogen-bond acceptors (Lipinski definition) is 2. The average Bonchev–Trinajstić information content (AvgIpc) is 3.03.